The van der Waals surface area contributed by atoms with Crippen molar-refractivity contribution in [2.75, 3.05) is 16.4 Å². The average Bonchev–Trinajstić information content (AvgIpc) is 3.10. The van der Waals surface area contributed by atoms with Crippen LogP contribution < -0.4 is 10.6 Å². The second kappa shape index (κ2) is 11.4. The van der Waals surface area contributed by atoms with E-state index >= 15 is 0 Å². The minimum atomic E-state index is -0.319. The van der Waals surface area contributed by atoms with Crippen LogP contribution in [0.2, 0.25) is 10.0 Å². The summed E-state index contributed by atoms with van der Waals surface area (Å²) in [5.41, 5.74) is 3.32. The van der Waals surface area contributed by atoms with E-state index in [2.05, 4.69) is 27.4 Å². The van der Waals surface area contributed by atoms with Crippen molar-refractivity contribution in [2.45, 2.75) is 32.0 Å². The fourth-order valence-corrected chi connectivity index (χ4v) is 4.30. The smallest absolute Gasteiger partial charge is 0.234 e. The van der Waals surface area contributed by atoms with Crippen LogP contribution in [0.25, 0.3) is 0 Å². The molecule has 172 valence electrons. The first kappa shape index (κ1) is 24.8. The number of carbonyl (C=O) groups excluding carboxylic acids is 2. The Morgan fingerprint density at radius 1 is 1.09 bits per heavy atom. The number of nitrogens with zero attached hydrogens (tertiary/aromatic N) is 3. The third-order valence-corrected chi connectivity index (χ3v) is 6.27. The Morgan fingerprint density at radius 2 is 1.82 bits per heavy atom. The molecule has 0 aliphatic carbocycles. The first-order valence-electron chi connectivity index (χ1n) is 10.0. The number of hydrogen-bond acceptors (Lipinski definition) is 5. The molecule has 3 rings (SSSR count). The number of thioether (sulfide) groups is 1. The second-order valence-electron chi connectivity index (χ2n) is 7.34. The first-order valence-corrected chi connectivity index (χ1v) is 11.8. The summed E-state index contributed by atoms with van der Waals surface area (Å²) in [6.45, 7) is 8.11. The largest absolute Gasteiger partial charge is 0.325 e. The van der Waals surface area contributed by atoms with E-state index in [0.717, 1.165) is 16.8 Å². The fraction of sp³-hybridized carbons (Fsp3) is 0.217. The zero-order chi connectivity index (χ0) is 24.0. The van der Waals surface area contributed by atoms with E-state index in [9.17, 15) is 9.59 Å². The SMILES string of the molecule is C=CCn1c(CC(=O)Nc2cccc(Cl)c2Cl)nnc1SCC(=O)Nc1cc(C)cc(C)c1. The lowest BCUT2D eigenvalue weighted by molar-refractivity contribution is -0.116. The molecule has 0 saturated heterocycles. The van der Waals surface area contributed by atoms with Gasteiger partial charge in [0.15, 0.2) is 5.16 Å². The lowest BCUT2D eigenvalue weighted by Gasteiger charge is -2.10. The number of anilines is 2. The summed E-state index contributed by atoms with van der Waals surface area (Å²) in [5.74, 6) is 0.115. The van der Waals surface area contributed by atoms with E-state index in [-0.39, 0.29) is 29.0 Å². The fourth-order valence-electron chi connectivity index (χ4n) is 3.18. The van der Waals surface area contributed by atoms with Crippen LogP contribution in [0.5, 0.6) is 0 Å². The number of aromatic nitrogens is 3. The molecule has 0 spiro atoms. The van der Waals surface area contributed by atoms with Crippen LogP contribution in [-0.2, 0) is 22.6 Å². The van der Waals surface area contributed by atoms with Gasteiger partial charge in [0, 0.05) is 12.2 Å². The van der Waals surface area contributed by atoms with Gasteiger partial charge in [0.1, 0.15) is 5.82 Å². The Balaban J connectivity index is 1.64. The van der Waals surface area contributed by atoms with Gasteiger partial charge in [0.25, 0.3) is 0 Å². The van der Waals surface area contributed by atoms with E-state index in [1.807, 2.05) is 32.0 Å². The topological polar surface area (TPSA) is 88.9 Å². The quantitative estimate of drug-likeness (QED) is 0.305. The van der Waals surface area contributed by atoms with Crippen molar-refractivity contribution >= 4 is 58.2 Å². The van der Waals surface area contributed by atoms with Crippen LogP contribution in [0.3, 0.4) is 0 Å². The Bertz CT molecular complexity index is 1180. The number of allylic oxidation sites excluding steroid dienone is 1. The average molecular weight is 504 g/mol. The molecular weight excluding hydrogens is 481 g/mol. The summed E-state index contributed by atoms with van der Waals surface area (Å²) in [6, 6.07) is 10.9. The molecule has 33 heavy (non-hydrogen) atoms. The van der Waals surface area contributed by atoms with Crippen molar-refractivity contribution in [3.8, 4) is 0 Å². The summed E-state index contributed by atoms with van der Waals surface area (Å²) < 4.78 is 1.75. The number of halogens is 2. The summed E-state index contributed by atoms with van der Waals surface area (Å²) >= 11 is 13.4. The Hall–Kier alpha value is -2.81. The van der Waals surface area contributed by atoms with Crippen molar-refractivity contribution in [3.05, 3.63) is 76.0 Å². The zero-order valence-corrected chi connectivity index (χ0v) is 20.5. The van der Waals surface area contributed by atoms with E-state index < -0.39 is 0 Å². The van der Waals surface area contributed by atoms with Crippen LogP contribution >= 0.6 is 35.0 Å². The highest BCUT2D eigenvalue weighted by Gasteiger charge is 2.17. The lowest BCUT2D eigenvalue weighted by atomic mass is 10.1. The standard InChI is InChI=1S/C23H23Cl2N5O2S/c1-4-8-30-19(12-20(31)27-18-7-5-6-17(24)22(18)25)28-29-23(30)33-13-21(32)26-16-10-14(2)9-15(3)11-16/h4-7,9-11H,1,8,12-13H2,2-3H3,(H,26,32)(H,27,31). The molecule has 7 nitrogen and oxygen atoms in total. The van der Waals surface area contributed by atoms with E-state index in [4.69, 9.17) is 23.2 Å². The number of aryl methyl sites for hydroxylation is 2. The summed E-state index contributed by atoms with van der Waals surface area (Å²) in [7, 11) is 0. The van der Waals surface area contributed by atoms with Gasteiger partial charge in [-0.1, -0.05) is 53.2 Å². The highest BCUT2D eigenvalue weighted by molar-refractivity contribution is 7.99. The van der Waals surface area contributed by atoms with Crippen molar-refractivity contribution in [2.24, 2.45) is 0 Å². The molecule has 2 amide bonds. The van der Waals surface area contributed by atoms with Gasteiger partial charge in [-0.15, -0.1) is 16.8 Å². The van der Waals surface area contributed by atoms with Gasteiger partial charge in [0.2, 0.25) is 11.8 Å². The maximum Gasteiger partial charge on any atom is 0.234 e. The molecule has 2 aromatic carbocycles. The molecule has 0 aliphatic heterocycles. The van der Waals surface area contributed by atoms with Crippen molar-refractivity contribution in [1.82, 2.24) is 14.8 Å². The molecule has 10 heteroatoms. The molecular formula is C23H23Cl2N5O2S. The van der Waals surface area contributed by atoms with E-state index in [1.54, 1.807) is 28.8 Å². The molecule has 0 atom stereocenters. The predicted molar refractivity (Wildman–Crippen MR) is 134 cm³/mol. The Morgan fingerprint density at radius 3 is 2.52 bits per heavy atom. The number of carbonyl (C=O) groups is 2. The molecule has 0 fully saturated rings. The highest BCUT2D eigenvalue weighted by Crippen LogP contribution is 2.29. The molecule has 0 aliphatic rings. The molecule has 1 aromatic heterocycles. The summed E-state index contributed by atoms with van der Waals surface area (Å²) in [5, 5.41) is 15.1. The number of rotatable bonds is 9. The molecule has 3 aromatic rings. The highest BCUT2D eigenvalue weighted by atomic mass is 35.5. The summed E-state index contributed by atoms with van der Waals surface area (Å²) in [6.07, 6.45) is 1.65. The van der Waals surface area contributed by atoms with Crippen molar-refractivity contribution in [3.63, 3.8) is 0 Å². The number of hydrogen-bond donors (Lipinski definition) is 2. The van der Waals surface area contributed by atoms with Gasteiger partial charge in [-0.05, 0) is 49.2 Å². The zero-order valence-electron chi connectivity index (χ0n) is 18.2. The molecule has 0 unspecified atom stereocenters. The van der Waals surface area contributed by atoms with Gasteiger partial charge in [-0.2, -0.15) is 0 Å². The molecule has 0 bridgehead atoms. The summed E-state index contributed by atoms with van der Waals surface area (Å²) in [4.78, 5) is 25.0. The predicted octanol–water partition coefficient (Wildman–Crippen LogP) is 5.30. The van der Waals surface area contributed by atoms with Gasteiger partial charge >= 0.3 is 0 Å². The van der Waals surface area contributed by atoms with Crippen LogP contribution in [0.15, 0.2) is 54.2 Å². The van der Waals surface area contributed by atoms with Gasteiger partial charge < -0.3 is 15.2 Å². The first-order chi connectivity index (χ1) is 15.8. The molecule has 2 N–H and O–H groups in total. The van der Waals surface area contributed by atoms with Crippen LogP contribution in [0, 0.1) is 13.8 Å². The lowest BCUT2D eigenvalue weighted by Crippen LogP contribution is -2.18. The molecule has 1 heterocycles. The number of benzene rings is 2. The van der Waals surface area contributed by atoms with Gasteiger partial charge in [0.05, 0.1) is 27.9 Å². The Kier molecular flexibility index (Phi) is 8.55. The number of nitrogens with one attached hydrogen (secondary N) is 2. The van der Waals surface area contributed by atoms with Crippen molar-refractivity contribution < 1.29 is 9.59 Å². The van der Waals surface area contributed by atoms with Gasteiger partial charge in [-0.25, -0.2) is 0 Å². The minimum absolute atomic E-state index is 0.0288. The maximum atomic E-state index is 12.5. The van der Waals surface area contributed by atoms with Crippen molar-refractivity contribution in [1.29, 1.82) is 0 Å². The third kappa shape index (κ3) is 6.83. The maximum absolute atomic E-state index is 12.5. The second-order valence-corrected chi connectivity index (χ2v) is 9.07. The van der Waals surface area contributed by atoms with Gasteiger partial charge in [-0.3, -0.25) is 9.59 Å². The molecule has 0 saturated carbocycles. The minimum Gasteiger partial charge on any atom is -0.325 e. The van der Waals surface area contributed by atoms with Crippen LogP contribution in [-0.4, -0.2) is 32.3 Å². The van der Waals surface area contributed by atoms with Crippen LogP contribution in [0.1, 0.15) is 17.0 Å². The monoisotopic (exact) mass is 503 g/mol. The molecule has 0 radical (unpaired) electrons. The normalized spacial score (nSPS) is 10.7. The van der Waals surface area contributed by atoms with Crippen LogP contribution in [0.4, 0.5) is 11.4 Å². The van der Waals surface area contributed by atoms with E-state index in [0.29, 0.717) is 28.2 Å². The third-order valence-electron chi connectivity index (χ3n) is 4.49. The Labute approximate surface area is 206 Å². The van der Waals surface area contributed by atoms with E-state index in [1.165, 1.54) is 11.8 Å². The number of amides is 2.